The molecular formula is C18H24N4O. The van der Waals surface area contributed by atoms with Gasteiger partial charge in [0.1, 0.15) is 0 Å². The molecule has 0 saturated heterocycles. The molecule has 0 saturated carbocycles. The molecule has 5 heteroatoms. The smallest absolute Gasteiger partial charge is 0.241 e. The third-order valence-electron chi connectivity index (χ3n) is 3.88. The monoisotopic (exact) mass is 312 g/mol. The van der Waals surface area contributed by atoms with E-state index in [2.05, 4.69) is 15.2 Å². The van der Waals surface area contributed by atoms with Crippen LogP contribution in [0, 0.1) is 0 Å². The van der Waals surface area contributed by atoms with Crippen molar-refractivity contribution in [3.63, 3.8) is 0 Å². The first-order valence-corrected chi connectivity index (χ1v) is 7.85. The lowest BCUT2D eigenvalue weighted by Crippen LogP contribution is -2.42. The minimum atomic E-state index is -0.168. The second-order valence-corrected chi connectivity index (χ2v) is 5.62. The SMILES string of the molecule is CCC(C(=O)Nc1cccc(N)c1)N(C)CCc1ccncc1. The molecule has 0 aliphatic heterocycles. The number of nitrogens with one attached hydrogen (secondary N) is 1. The van der Waals surface area contributed by atoms with Gasteiger partial charge in [-0.2, -0.15) is 0 Å². The van der Waals surface area contributed by atoms with Gasteiger partial charge in [0.2, 0.25) is 5.91 Å². The molecule has 0 spiro atoms. The van der Waals surface area contributed by atoms with Crippen LogP contribution in [-0.4, -0.2) is 35.4 Å². The summed E-state index contributed by atoms with van der Waals surface area (Å²) in [5.74, 6) is -0.00433. The van der Waals surface area contributed by atoms with Gasteiger partial charge >= 0.3 is 0 Å². The summed E-state index contributed by atoms with van der Waals surface area (Å²) in [5.41, 5.74) is 8.34. The van der Waals surface area contributed by atoms with E-state index in [9.17, 15) is 4.79 Å². The number of anilines is 2. The maximum atomic E-state index is 12.5. The quantitative estimate of drug-likeness (QED) is 0.771. The van der Waals surface area contributed by atoms with E-state index < -0.39 is 0 Å². The number of carbonyl (C=O) groups excluding carboxylic acids is 1. The van der Waals surface area contributed by atoms with Crippen LogP contribution in [-0.2, 0) is 11.2 Å². The van der Waals surface area contributed by atoms with Crippen molar-refractivity contribution in [2.75, 3.05) is 24.6 Å². The van der Waals surface area contributed by atoms with E-state index >= 15 is 0 Å². The number of nitrogens with zero attached hydrogens (tertiary/aromatic N) is 2. The van der Waals surface area contributed by atoms with Crippen molar-refractivity contribution >= 4 is 17.3 Å². The molecule has 122 valence electrons. The number of pyridine rings is 1. The molecule has 1 unspecified atom stereocenters. The van der Waals surface area contributed by atoms with Crippen LogP contribution in [0.4, 0.5) is 11.4 Å². The molecule has 1 aromatic heterocycles. The minimum Gasteiger partial charge on any atom is -0.399 e. The number of rotatable bonds is 7. The summed E-state index contributed by atoms with van der Waals surface area (Å²) in [6.45, 7) is 2.83. The molecule has 1 heterocycles. The molecule has 1 atom stereocenters. The number of nitrogens with two attached hydrogens (primary N) is 1. The summed E-state index contributed by atoms with van der Waals surface area (Å²) in [6, 6.07) is 11.1. The number of carbonyl (C=O) groups is 1. The van der Waals surface area contributed by atoms with E-state index in [1.807, 2.05) is 38.2 Å². The Balaban J connectivity index is 1.93. The van der Waals surface area contributed by atoms with Gasteiger partial charge in [0.15, 0.2) is 0 Å². The highest BCUT2D eigenvalue weighted by Gasteiger charge is 2.21. The third-order valence-corrected chi connectivity index (χ3v) is 3.88. The molecule has 3 N–H and O–H groups in total. The maximum Gasteiger partial charge on any atom is 0.241 e. The van der Waals surface area contributed by atoms with Gasteiger partial charge in [-0.25, -0.2) is 0 Å². The Bertz CT molecular complexity index is 630. The van der Waals surface area contributed by atoms with Gasteiger partial charge < -0.3 is 11.1 Å². The lowest BCUT2D eigenvalue weighted by atomic mass is 10.1. The average molecular weight is 312 g/mol. The Labute approximate surface area is 137 Å². The molecule has 0 fully saturated rings. The molecule has 0 aliphatic rings. The molecule has 0 radical (unpaired) electrons. The van der Waals surface area contributed by atoms with Gasteiger partial charge in [-0.05, 0) is 55.8 Å². The number of benzene rings is 1. The van der Waals surface area contributed by atoms with E-state index in [0.717, 1.165) is 25.1 Å². The second-order valence-electron chi connectivity index (χ2n) is 5.62. The van der Waals surface area contributed by atoms with Gasteiger partial charge in [0, 0.05) is 30.3 Å². The van der Waals surface area contributed by atoms with Crippen LogP contribution >= 0.6 is 0 Å². The molecule has 2 aromatic rings. The zero-order valence-electron chi connectivity index (χ0n) is 13.7. The number of nitrogen functional groups attached to an aromatic ring is 1. The van der Waals surface area contributed by atoms with Crippen LogP contribution in [0.3, 0.4) is 0 Å². The Hall–Kier alpha value is -2.40. The topological polar surface area (TPSA) is 71.2 Å². The standard InChI is InChI=1S/C18H24N4O/c1-3-17(18(23)21-16-6-4-5-15(19)13-16)22(2)12-9-14-7-10-20-11-8-14/h4-8,10-11,13,17H,3,9,12,19H2,1-2H3,(H,21,23). The maximum absolute atomic E-state index is 12.5. The molecule has 2 rings (SSSR count). The molecular weight excluding hydrogens is 288 g/mol. The Kier molecular flexibility index (Phi) is 6.11. The molecule has 23 heavy (non-hydrogen) atoms. The number of aromatic nitrogens is 1. The van der Waals surface area contributed by atoms with E-state index in [1.54, 1.807) is 24.5 Å². The Morgan fingerprint density at radius 1 is 1.30 bits per heavy atom. The summed E-state index contributed by atoms with van der Waals surface area (Å²) in [6.07, 6.45) is 5.22. The van der Waals surface area contributed by atoms with E-state index in [-0.39, 0.29) is 11.9 Å². The second kappa shape index (κ2) is 8.29. The first kappa shape index (κ1) is 17.0. The van der Waals surface area contributed by atoms with Gasteiger partial charge in [0.25, 0.3) is 0 Å². The van der Waals surface area contributed by atoms with E-state index in [0.29, 0.717) is 5.69 Å². The van der Waals surface area contributed by atoms with Gasteiger partial charge in [-0.15, -0.1) is 0 Å². The number of hydrogen-bond donors (Lipinski definition) is 2. The fourth-order valence-corrected chi connectivity index (χ4v) is 2.55. The summed E-state index contributed by atoms with van der Waals surface area (Å²) in [7, 11) is 1.98. The molecule has 0 bridgehead atoms. The van der Waals surface area contributed by atoms with Crippen LogP contribution < -0.4 is 11.1 Å². The number of hydrogen-bond acceptors (Lipinski definition) is 4. The van der Waals surface area contributed by atoms with Crippen molar-refractivity contribution in [3.05, 3.63) is 54.4 Å². The zero-order chi connectivity index (χ0) is 16.7. The van der Waals surface area contributed by atoms with Crippen LogP contribution in [0.15, 0.2) is 48.8 Å². The minimum absolute atomic E-state index is 0.00433. The van der Waals surface area contributed by atoms with E-state index in [4.69, 9.17) is 5.73 Å². The predicted octanol–water partition coefficient (Wildman–Crippen LogP) is 2.56. The van der Waals surface area contributed by atoms with Crippen molar-refractivity contribution in [1.82, 2.24) is 9.88 Å². The van der Waals surface area contributed by atoms with Crippen molar-refractivity contribution in [2.45, 2.75) is 25.8 Å². The molecule has 1 aromatic carbocycles. The van der Waals surface area contributed by atoms with Gasteiger partial charge in [-0.1, -0.05) is 13.0 Å². The number of amides is 1. The fraction of sp³-hybridized carbons (Fsp3) is 0.333. The lowest BCUT2D eigenvalue weighted by molar-refractivity contribution is -0.120. The van der Waals surface area contributed by atoms with Crippen molar-refractivity contribution in [1.29, 1.82) is 0 Å². The van der Waals surface area contributed by atoms with E-state index in [1.165, 1.54) is 5.56 Å². The highest BCUT2D eigenvalue weighted by atomic mass is 16.2. The van der Waals surface area contributed by atoms with Gasteiger partial charge in [-0.3, -0.25) is 14.7 Å². The summed E-state index contributed by atoms with van der Waals surface area (Å²) in [4.78, 5) is 18.6. The van der Waals surface area contributed by atoms with Crippen molar-refractivity contribution in [3.8, 4) is 0 Å². The highest BCUT2D eigenvalue weighted by Crippen LogP contribution is 2.14. The summed E-state index contributed by atoms with van der Waals surface area (Å²) >= 11 is 0. The lowest BCUT2D eigenvalue weighted by Gasteiger charge is -2.26. The largest absolute Gasteiger partial charge is 0.399 e. The van der Waals surface area contributed by atoms with Crippen molar-refractivity contribution < 1.29 is 4.79 Å². The normalized spacial score (nSPS) is 12.1. The predicted molar refractivity (Wildman–Crippen MR) is 94.1 cm³/mol. The fourth-order valence-electron chi connectivity index (χ4n) is 2.55. The first-order valence-electron chi connectivity index (χ1n) is 7.85. The zero-order valence-corrected chi connectivity index (χ0v) is 13.7. The third kappa shape index (κ3) is 5.07. The summed E-state index contributed by atoms with van der Waals surface area (Å²) < 4.78 is 0. The Morgan fingerprint density at radius 3 is 2.70 bits per heavy atom. The van der Waals surface area contributed by atoms with Crippen LogP contribution in [0.5, 0.6) is 0 Å². The summed E-state index contributed by atoms with van der Waals surface area (Å²) in [5, 5.41) is 2.94. The number of likely N-dealkylation sites (N-methyl/N-ethyl adjacent to an activating group) is 1. The molecule has 1 amide bonds. The first-order chi connectivity index (χ1) is 11.1. The van der Waals surface area contributed by atoms with Gasteiger partial charge in [0.05, 0.1) is 6.04 Å². The van der Waals surface area contributed by atoms with Crippen LogP contribution in [0.2, 0.25) is 0 Å². The van der Waals surface area contributed by atoms with Crippen molar-refractivity contribution in [2.24, 2.45) is 0 Å². The van der Waals surface area contributed by atoms with Crippen LogP contribution in [0.25, 0.3) is 0 Å². The molecule has 5 nitrogen and oxygen atoms in total. The Morgan fingerprint density at radius 2 is 2.04 bits per heavy atom. The van der Waals surface area contributed by atoms with Crippen LogP contribution in [0.1, 0.15) is 18.9 Å². The average Bonchev–Trinajstić information content (AvgIpc) is 2.54. The molecule has 0 aliphatic carbocycles. The highest BCUT2D eigenvalue weighted by molar-refractivity contribution is 5.95.